The average Bonchev–Trinajstić information content (AvgIpc) is 3.09. The van der Waals surface area contributed by atoms with Gasteiger partial charge in [0.2, 0.25) is 0 Å². The van der Waals surface area contributed by atoms with Crippen molar-refractivity contribution in [3.63, 3.8) is 0 Å². The summed E-state index contributed by atoms with van der Waals surface area (Å²) in [6.45, 7) is 0. The van der Waals surface area contributed by atoms with E-state index in [1.807, 2.05) is 6.07 Å². The van der Waals surface area contributed by atoms with Crippen LogP contribution < -0.4 is 5.32 Å². The Morgan fingerprint density at radius 1 is 1.17 bits per heavy atom. The van der Waals surface area contributed by atoms with Crippen LogP contribution in [0.15, 0.2) is 67.3 Å². The number of nitrogens with zero attached hydrogens (tertiary/aromatic N) is 3. The van der Waals surface area contributed by atoms with Crippen LogP contribution >= 0.6 is 0 Å². The van der Waals surface area contributed by atoms with Gasteiger partial charge in [0, 0.05) is 30.2 Å². The molecule has 0 saturated carbocycles. The van der Waals surface area contributed by atoms with Crippen molar-refractivity contribution < 1.29 is 9.72 Å². The normalized spacial score (nSPS) is 10.3. The summed E-state index contributed by atoms with van der Waals surface area (Å²) in [6.07, 6.45) is 4.77. The Morgan fingerprint density at radius 2 is 1.96 bits per heavy atom. The number of carbonyl (C=O) groups is 1. The van der Waals surface area contributed by atoms with E-state index in [0.717, 1.165) is 0 Å². The zero-order valence-electron chi connectivity index (χ0n) is 11.9. The molecular formula is C16H12N4O3. The third-order valence-electron chi connectivity index (χ3n) is 3.25. The molecule has 1 N–H and O–H groups in total. The van der Waals surface area contributed by atoms with Crippen LogP contribution in [0.4, 0.5) is 11.4 Å². The summed E-state index contributed by atoms with van der Waals surface area (Å²) in [4.78, 5) is 26.9. The van der Waals surface area contributed by atoms with Gasteiger partial charge in [-0.3, -0.25) is 14.9 Å². The number of nitro groups is 1. The lowest BCUT2D eigenvalue weighted by Gasteiger charge is -2.10. The minimum Gasteiger partial charge on any atom is -0.322 e. The number of amides is 1. The molecule has 1 amide bonds. The number of nitrogens with one attached hydrogen (secondary N) is 1. The molecule has 0 spiro atoms. The molecule has 0 unspecified atom stereocenters. The monoisotopic (exact) mass is 308 g/mol. The van der Waals surface area contributed by atoms with Crippen molar-refractivity contribution in [2.75, 3.05) is 5.32 Å². The number of imidazole rings is 1. The first-order valence-electron chi connectivity index (χ1n) is 6.78. The van der Waals surface area contributed by atoms with Gasteiger partial charge in [-0.2, -0.15) is 0 Å². The highest BCUT2D eigenvalue weighted by Gasteiger charge is 2.18. The highest BCUT2D eigenvalue weighted by molar-refractivity contribution is 6.07. The fourth-order valence-electron chi connectivity index (χ4n) is 2.17. The highest BCUT2D eigenvalue weighted by atomic mass is 16.6. The topological polar surface area (TPSA) is 90.1 Å². The van der Waals surface area contributed by atoms with Crippen LogP contribution in [-0.4, -0.2) is 20.4 Å². The highest BCUT2D eigenvalue weighted by Crippen LogP contribution is 2.22. The van der Waals surface area contributed by atoms with Crippen LogP contribution in [0.25, 0.3) is 5.69 Å². The SMILES string of the molecule is O=C(Nc1ccccc1)c1cc([N+](=O)[O-])ccc1-n1ccnc1. The maximum atomic E-state index is 12.5. The fraction of sp³-hybridized carbons (Fsp3) is 0. The number of benzene rings is 2. The van der Waals surface area contributed by atoms with Gasteiger partial charge >= 0.3 is 0 Å². The lowest BCUT2D eigenvalue weighted by molar-refractivity contribution is -0.384. The first-order chi connectivity index (χ1) is 11.1. The molecule has 0 fully saturated rings. The number of non-ortho nitro benzene ring substituents is 1. The molecule has 0 bridgehead atoms. The third kappa shape index (κ3) is 3.08. The Bertz CT molecular complexity index is 845. The van der Waals surface area contributed by atoms with Gasteiger partial charge in [-0.1, -0.05) is 18.2 Å². The lowest BCUT2D eigenvalue weighted by Crippen LogP contribution is -2.15. The molecule has 1 aromatic heterocycles. The Kier molecular flexibility index (Phi) is 3.84. The molecule has 114 valence electrons. The number of rotatable bonds is 4. The molecule has 0 aliphatic carbocycles. The van der Waals surface area contributed by atoms with Gasteiger partial charge in [0.25, 0.3) is 11.6 Å². The molecule has 0 aliphatic heterocycles. The molecule has 7 nitrogen and oxygen atoms in total. The summed E-state index contributed by atoms with van der Waals surface area (Å²) in [7, 11) is 0. The minimum absolute atomic E-state index is 0.146. The van der Waals surface area contributed by atoms with Crippen LogP contribution in [0, 0.1) is 10.1 Å². The van der Waals surface area contributed by atoms with Crippen LogP contribution in [0.2, 0.25) is 0 Å². The maximum Gasteiger partial charge on any atom is 0.270 e. The first-order valence-corrected chi connectivity index (χ1v) is 6.78. The summed E-state index contributed by atoms with van der Waals surface area (Å²) >= 11 is 0. The summed E-state index contributed by atoms with van der Waals surface area (Å²) < 4.78 is 1.63. The van der Waals surface area contributed by atoms with E-state index >= 15 is 0 Å². The largest absolute Gasteiger partial charge is 0.322 e. The third-order valence-corrected chi connectivity index (χ3v) is 3.25. The molecule has 7 heteroatoms. The molecule has 3 aromatic rings. The van der Waals surface area contributed by atoms with Gasteiger partial charge in [-0.05, 0) is 18.2 Å². The Balaban J connectivity index is 2.02. The van der Waals surface area contributed by atoms with E-state index in [2.05, 4.69) is 10.3 Å². The molecule has 23 heavy (non-hydrogen) atoms. The molecule has 2 aromatic carbocycles. The second-order valence-corrected chi connectivity index (χ2v) is 4.75. The maximum absolute atomic E-state index is 12.5. The Hall–Kier alpha value is -3.48. The van der Waals surface area contributed by atoms with Gasteiger partial charge in [-0.25, -0.2) is 4.98 Å². The number of aromatic nitrogens is 2. The average molecular weight is 308 g/mol. The van der Waals surface area contributed by atoms with Crippen molar-refractivity contribution in [2.45, 2.75) is 0 Å². The summed E-state index contributed by atoms with van der Waals surface area (Å²) in [5.41, 5.74) is 1.18. The quantitative estimate of drug-likeness (QED) is 0.592. The van der Waals surface area contributed by atoms with Gasteiger partial charge in [0.05, 0.1) is 22.5 Å². The molecular weight excluding hydrogens is 296 g/mol. The molecule has 3 rings (SSSR count). The molecule has 0 saturated heterocycles. The Morgan fingerprint density at radius 3 is 2.61 bits per heavy atom. The predicted octanol–water partition coefficient (Wildman–Crippen LogP) is 3.03. The van der Waals surface area contributed by atoms with Crippen LogP contribution in [-0.2, 0) is 0 Å². The van der Waals surface area contributed by atoms with E-state index < -0.39 is 10.8 Å². The van der Waals surface area contributed by atoms with Crippen LogP contribution in [0.5, 0.6) is 0 Å². The standard InChI is InChI=1S/C16H12N4O3/c21-16(18-12-4-2-1-3-5-12)14-10-13(20(22)23)6-7-15(14)19-9-8-17-11-19/h1-11H,(H,18,21). The summed E-state index contributed by atoms with van der Waals surface area (Å²) in [5, 5.41) is 13.7. The molecule has 0 radical (unpaired) electrons. The lowest BCUT2D eigenvalue weighted by atomic mass is 10.1. The predicted molar refractivity (Wildman–Crippen MR) is 84.6 cm³/mol. The van der Waals surface area contributed by atoms with Crippen molar-refractivity contribution in [1.29, 1.82) is 0 Å². The fourth-order valence-corrected chi connectivity index (χ4v) is 2.17. The van der Waals surface area contributed by atoms with Crippen LogP contribution in [0.1, 0.15) is 10.4 Å². The Labute approximate surface area is 131 Å². The van der Waals surface area contributed by atoms with Crippen LogP contribution in [0.3, 0.4) is 0 Å². The van der Waals surface area contributed by atoms with Crippen molar-refractivity contribution in [2.24, 2.45) is 0 Å². The number of anilines is 1. The summed E-state index contributed by atoms with van der Waals surface area (Å²) in [6, 6.07) is 13.0. The van der Waals surface area contributed by atoms with Gasteiger partial charge in [0.15, 0.2) is 0 Å². The second kappa shape index (κ2) is 6.10. The zero-order chi connectivity index (χ0) is 16.2. The van der Waals surface area contributed by atoms with E-state index in [0.29, 0.717) is 11.4 Å². The first kappa shape index (κ1) is 14.5. The van der Waals surface area contributed by atoms with Gasteiger partial charge in [-0.15, -0.1) is 0 Å². The number of hydrogen-bond donors (Lipinski definition) is 1. The van der Waals surface area contributed by atoms with E-state index in [4.69, 9.17) is 0 Å². The van der Waals surface area contributed by atoms with Gasteiger partial charge < -0.3 is 9.88 Å². The number of nitro benzene ring substituents is 1. The van der Waals surface area contributed by atoms with E-state index in [1.165, 1.54) is 24.5 Å². The molecule has 0 aliphatic rings. The van der Waals surface area contributed by atoms with Crippen molar-refractivity contribution >= 4 is 17.3 Å². The van der Waals surface area contributed by atoms with E-state index in [-0.39, 0.29) is 11.3 Å². The van der Waals surface area contributed by atoms with Crippen molar-refractivity contribution in [1.82, 2.24) is 9.55 Å². The smallest absolute Gasteiger partial charge is 0.270 e. The van der Waals surface area contributed by atoms with E-state index in [9.17, 15) is 14.9 Å². The molecule has 1 heterocycles. The van der Waals surface area contributed by atoms with Crippen molar-refractivity contribution in [3.8, 4) is 5.69 Å². The second-order valence-electron chi connectivity index (χ2n) is 4.75. The number of carbonyl (C=O) groups excluding carboxylic acids is 1. The number of para-hydroxylation sites is 1. The molecule has 0 atom stereocenters. The van der Waals surface area contributed by atoms with Gasteiger partial charge in [0.1, 0.15) is 0 Å². The summed E-state index contributed by atoms with van der Waals surface area (Å²) in [5.74, 6) is -0.427. The van der Waals surface area contributed by atoms with E-state index in [1.54, 1.807) is 41.2 Å². The van der Waals surface area contributed by atoms with Crippen molar-refractivity contribution in [3.05, 3.63) is 82.9 Å². The minimum atomic E-state index is -0.531. The zero-order valence-corrected chi connectivity index (χ0v) is 11.9. The number of hydrogen-bond acceptors (Lipinski definition) is 4.